The highest BCUT2D eigenvalue weighted by Crippen LogP contribution is 2.26. The van der Waals surface area contributed by atoms with Crippen molar-refractivity contribution >= 4 is 23.3 Å². The molecule has 10 heteroatoms. The normalized spacial score (nSPS) is 19.6. The third kappa shape index (κ3) is 2.86. The SMILES string of the molecule is O=C(c1cn2cc(Cl)cnc2n1)N1CCOC(C(F)(F)F)C1. The van der Waals surface area contributed by atoms with Crippen molar-refractivity contribution in [2.45, 2.75) is 12.3 Å². The van der Waals surface area contributed by atoms with Crippen molar-refractivity contribution < 1.29 is 22.7 Å². The van der Waals surface area contributed by atoms with Crippen LogP contribution in [0.2, 0.25) is 5.02 Å². The Hall–Kier alpha value is -1.87. The van der Waals surface area contributed by atoms with E-state index in [1.54, 1.807) is 0 Å². The molecule has 1 amide bonds. The van der Waals surface area contributed by atoms with Crippen LogP contribution in [0.5, 0.6) is 0 Å². The lowest BCUT2D eigenvalue weighted by Gasteiger charge is -2.33. The molecule has 1 fully saturated rings. The van der Waals surface area contributed by atoms with Crippen molar-refractivity contribution in [3.8, 4) is 0 Å². The van der Waals surface area contributed by atoms with Crippen LogP contribution in [-0.4, -0.2) is 57.2 Å². The molecule has 2 aromatic rings. The number of rotatable bonds is 1. The van der Waals surface area contributed by atoms with E-state index >= 15 is 0 Å². The summed E-state index contributed by atoms with van der Waals surface area (Å²) in [6.45, 7) is -0.648. The van der Waals surface area contributed by atoms with Crippen LogP contribution in [0.1, 0.15) is 10.5 Å². The summed E-state index contributed by atoms with van der Waals surface area (Å²) in [4.78, 5) is 21.3. The van der Waals surface area contributed by atoms with Crippen LogP contribution in [-0.2, 0) is 4.74 Å². The van der Waals surface area contributed by atoms with Gasteiger partial charge < -0.3 is 9.64 Å². The van der Waals surface area contributed by atoms with Crippen molar-refractivity contribution in [2.75, 3.05) is 19.7 Å². The number of imidazole rings is 1. The molecule has 0 spiro atoms. The summed E-state index contributed by atoms with van der Waals surface area (Å²) in [5.74, 6) is -0.354. The first-order valence-electron chi connectivity index (χ1n) is 6.32. The van der Waals surface area contributed by atoms with E-state index in [1.807, 2.05) is 0 Å². The van der Waals surface area contributed by atoms with Gasteiger partial charge in [-0.1, -0.05) is 11.6 Å². The molecule has 1 atom stereocenters. The zero-order valence-corrected chi connectivity index (χ0v) is 11.8. The van der Waals surface area contributed by atoms with Crippen LogP contribution in [0.25, 0.3) is 5.78 Å². The molecule has 3 rings (SSSR count). The molecule has 0 radical (unpaired) electrons. The number of hydrogen-bond acceptors (Lipinski definition) is 4. The van der Waals surface area contributed by atoms with Gasteiger partial charge in [-0.05, 0) is 0 Å². The third-order valence-corrected chi connectivity index (χ3v) is 3.41. The number of fused-ring (bicyclic) bond motifs is 1. The van der Waals surface area contributed by atoms with Gasteiger partial charge in [0, 0.05) is 18.9 Å². The van der Waals surface area contributed by atoms with E-state index in [-0.39, 0.29) is 24.6 Å². The minimum absolute atomic E-state index is 0.0117. The number of nitrogens with zero attached hydrogens (tertiary/aromatic N) is 4. The maximum Gasteiger partial charge on any atom is 0.416 e. The van der Waals surface area contributed by atoms with Crippen LogP contribution in [0.3, 0.4) is 0 Å². The number of morpholine rings is 1. The molecule has 1 aliphatic heterocycles. The van der Waals surface area contributed by atoms with Crippen molar-refractivity contribution in [2.24, 2.45) is 0 Å². The van der Waals surface area contributed by atoms with Crippen molar-refractivity contribution in [3.63, 3.8) is 0 Å². The Labute approximate surface area is 127 Å². The molecule has 0 N–H and O–H groups in total. The van der Waals surface area contributed by atoms with E-state index in [1.165, 1.54) is 23.0 Å². The second kappa shape index (κ2) is 5.40. The van der Waals surface area contributed by atoms with Crippen molar-refractivity contribution in [1.82, 2.24) is 19.3 Å². The molecule has 1 aliphatic rings. The fourth-order valence-corrected chi connectivity index (χ4v) is 2.31. The molecular weight excluding hydrogens is 325 g/mol. The molecule has 6 nitrogen and oxygen atoms in total. The zero-order chi connectivity index (χ0) is 15.9. The summed E-state index contributed by atoms with van der Waals surface area (Å²) < 4.78 is 44.2. The van der Waals surface area contributed by atoms with Gasteiger partial charge in [-0.2, -0.15) is 13.2 Å². The number of alkyl halides is 3. The quantitative estimate of drug-likeness (QED) is 0.797. The molecule has 0 saturated carbocycles. The van der Waals surface area contributed by atoms with Crippen LogP contribution in [0, 0.1) is 0 Å². The van der Waals surface area contributed by atoms with Gasteiger partial charge in [0.2, 0.25) is 5.78 Å². The number of aromatic nitrogens is 3. The Bertz CT molecular complexity index is 718. The first-order chi connectivity index (χ1) is 10.3. The monoisotopic (exact) mass is 334 g/mol. The maximum atomic E-state index is 12.7. The van der Waals surface area contributed by atoms with Gasteiger partial charge in [0.25, 0.3) is 5.91 Å². The second-order valence-electron chi connectivity index (χ2n) is 4.76. The average molecular weight is 335 g/mol. The van der Waals surface area contributed by atoms with Crippen LogP contribution < -0.4 is 0 Å². The Kier molecular flexibility index (Phi) is 3.69. The number of carbonyl (C=O) groups excluding carboxylic acids is 1. The van der Waals surface area contributed by atoms with Crippen molar-refractivity contribution in [3.05, 3.63) is 29.3 Å². The standard InChI is InChI=1S/C12H10ClF3N4O2/c13-7-3-17-11-18-8(5-20(11)4-7)10(21)19-1-2-22-9(6-19)12(14,15)16/h3-5,9H,1-2,6H2. The van der Waals surface area contributed by atoms with E-state index in [9.17, 15) is 18.0 Å². The molecule has 22 heavy (non-hydrogen) atoms. The summed E-state index contributed by atoms with van der Waals surface area (Å²) in [6.07, 6.45) is -2.23. The molecule has 118 valence electrons. The van der Waals surface area contributed by atoms with Gasteiger partial charge in [0.15, 0.2) is 6.10 Å². The van der Waals surface area contributed by atoms with Crippen molar-refractivity contribution in [1.29, 1.82) is 0 Å². The Morgan fingerprint density at radius 1 is 1.41 bits per heavy atom. The molecule has 1 saturated heterocycles. The lowest BCUT2D eigenvalue weighted by Crippen LogP contribution is -2.51. The predicted molar refractivity (Wildman–Crippen MR) is 69.7 cm³/mol. The summed E-state index contributed by atoms with van der Waals surface area (Å²) in [7, 11) is 0. The minimum atomic E-state index is -4.51. The highest BCUT2D eigenvalue weighted by molar-refractivity contribution is 6.30. The number of ether oxygens (including phenoxy) is 1. The number of hydrogen-bond donors (Lipinski definition) is 0. The number of halogens is 4. The van der Waals surface area contributed by atoms with E-state index in [0.29, 0.717) is 5.02 Å². The third-order valence-electron chi connectivity index (χ3n) is 3.22. The van der Waals surface area contributed by atoms with Gasteiger partial charge in [0.1, 0.15) is 5.69 Å². The van der Waals surface area contributed by atoms with Gasteiger partial charge >= 0.3 is 6.18 Å². The van der Waals surface area contributed by atoms with E-state index in [0.717, 1.165) is 4.90 Å². The summed E-state index contributed by atoms with van der Waals surface area (Å²) in [6, 6.07) is 0. The van der Waals surface area contributed by atoms with Crippen LogP contribution in [0.15, 0.2) is 18.6 Å². The average Bonchev–Trinajstić information content (AvgIpc) is 2.88. The van der Waals surface area contributed by atoms with Crippen LogP contribution >= 0.6 is 11.6 Å². The summed E-state index contributed by atoms with van der Waals surface area (Å²) in [5, 5.41) is 0.354. The first kappa shape index (κ1) is 15.0. The second-order valence-corrected chi connectivity index (χ2v) is 5.19. The minimum Gasteiger partial charge on any atom is -0.365 e. The highest BCUT2D eigenvalue weighted by atomic mass is 35.5. The fourth-order valence-electron chi connectivity index (χ4n) is 2.16. The Morgan fingerprint density at radius 2 is 2.18 bits per heavy atom. The molecule has 2 aromatic heterocycles. The molecular formula is C12H10ClF3N4O2. The molecule has 0 aromatic carbocycles. The topological polar surface area (TPSA) is 59.7 Å². The zero-order valence-electron chi connectivity index (χ0n) is 11.0. The van der Waals surface area contributed by atoms with Gasteiger partial charge in [0.05, 0.1) is 24.4 Å². The van der Waals surface area contributed by atoms with E-state index in [2.05, 4.69) is 14.7 Å². The number of carbonyl (C=O) groups is 1. The summed E-state index contributed by atoms with van der Waals surface area (Å²) >= 11 is 5.78. The van der Waals surface area contributed by atoms with Gasteiger partial charge in [-0.3, -0.25) is 9.20 Å². The van der Waals surface area contributed by atoms with Gasteiger partial charge in [-0.15, -0.1) is 0 Å². The maximum absolute atomic E-state index is 12.7. The fraction of sp³-hybridized carbons (Fsp3) is 0.417. The van der Waals surface area contributed by atoms with E-state index in [4.69, 9.17) is 11.6 Å². The smallest absolute Gasteiger partial charge is 0.365 e. The van der Waals surface area contributed by atoms with Crippen LogP contribution in [0.4, 0.5) is 13.2 Å². The molecule has 0 aliphatic carbocycles. The molecule has 3 heterocycles. The lowest BCUT2D eigenvalue weighted by atomic mass is 10.2. The van der Waals surface area contributed by atoms with Gasteiger partial charge in [-0.25, -0.2) is 9.97 Å². The first-order valence-corrected chi connectivity index (χ1v) is 6.70. The Balaban J connectivity index is 1.82. The Morgan fingerprint density at radius 3 is 2.91 bits per heavy atom. The van der Waals surface area contributed by atoms with E-state index < -0.39 is 24.7 Å². The molecule has 0 bridgehead atoms. The lowest BCUT2D eigenvalue weighted by molar-refractivity contribution is -0.233. The highest BCUT2D eigenvalue weighted by Gasteiger charge is 2.44. The number of amides is 1. The summed E-state index contributed by atoms with van der Waals surface area (Å²) in [5.41, 5.74) is 0.0117. The largest absolute Gasteiger partial charge is 0.416 e. The predicted octanol–water partition coefficient (Wildman–Crippen LogP) is 1.79. The molecule has 1 unspecified atom stereocenters.